The average molecular weight is 199 g/mol. The normalized spacial score (nSPS) is 12.2. The van der Waals surface area contributed by atoms with E-state index in [1.807, 2.05) is 0 Å². The summed E-state index contributed by atoms with van der Waals surface area (Å²) in [6.07, 6.45) is 0. The fourth-order valence-corrected chi connectivity index (χ4v) is 1.01. The van der Waals surface area contributed by atoms with E-state index < -0.39 is 6.04 Å². The molecular weight excluding hydrogens is 188 g/mol. The first-order valence-corrected chi connectivity index (χ1v) is 4.29. The summed E-state index contributed by atoms with van der Waals surface area (Å²) in [6.45, 7) is 1.62. The van der Waals surface area contributed by atoms with E-state index in [1.54, 1.807) is 31.2 Å². The molecule has 1 rings (SSSR count). The van der Waals surface area contributed by atoms with Crippen molar-refractivity contribution in [2.45, 2.75) is 13.0 Å². The Morgan fingerprint density at radius 1 is 1.62 bits per heavy atom. The molecule has 1 aromatic rings. The minimum Gasteiger partial charge on any atom is -0.325 e. The van der Waals surface area contributed by atoms with Crippen LogP contribution in [0, 0.1) is 0 Å². The first-order valence-electron chi connectivity index (χ1n) is 3.91. The zero-order valence-electron chi connectivity index (χ0n) is 7.25. The van der Waals surface area contributed by atoms with Crippen molar-refractivity contribution in [1.82, 2.24) is 0 Å². The predicted octanol–water partition coefficient (Wildman–Crippen LogP) is 1.63. The van der Waals surface area contributed by atoms with Gasteiger partial charge in [0.25, 0.3) is 0 Å². The number of nitrogens with two attached hydrogens (primary N) is 1. The molecule has 0 bridgehead atoms. The Balaban J connectivity index is 2.69. The molecule has 0 unspecified atom stereocenters. The number of carbonyl (C=O) groups is 1. The van der Waals surface area contributed by atoms with Crippen LogP contribution in [0.25, 0.3) is 0 Å². The molecule has 0 heterocycles. The summed E-state index contributed by atoms with van der Waals surface area (Å²) in [5, 5.41) is 3.22. The standard InChI is InChI=1S/C9H11ClN2O/c1-6(11)9(13)12-8-4-2-3-7(10)5-8/h2-6H,11H2,1H3,(H,12,13)/t6-/m0/s1. The molecule has 0 aliphatic carbocycles. The molecule has 1 aromatic carbocycles. The Morgan fingerprint density at radius 3 is 2.85 bits per heavy atom. The van der Waals surface area contributed by atoms with Crippen molar-refractivity contribution >= 4 is 23.2 Å². The second-order valence-electron chi connectivity index (χ2n) is 2.79. The number of amides is 1. The van der Waals surface area contributed by atoms with Gasteiger partial charge in [-0.2, -0.15) is 0 Å². The summed E-state index contributed by atoms with van der Waals surface area (Å²) in [4.78, 5) is 11.1. The van der Waals surface area contributed by atoms with E-state index in [4.69, 9.17) is 17.3 Å². The van der Waals surface area contributed by atoms with Crippen molar-refractivity contribution in [2.75, 3.05) is 5.32 Å². The van der Waals surface area contributed by atoms with Gasteiger partial charge in [-0.15, -0.1) is 0 Å². The summed E-state index contributed by atoms with van der Waals surface area (Å²) in [5.74, 6) is -0.220. The molecule has 0 spiro atoms. The first kappa shape index (κ1) is 10.0. The molecule has 0 saturated carbocycles. The smallest absolute Gasteiger partial charge is 0.240 e. The van der Waals surface area contributed by atoms with Crippen LogP contribution in [0.4, 0.5) is 5.69 Å². The van der Waals surface area contributed by atoms with Crippen molar-refractivity contribution in [3.63, 3.8) is 0 Å². The van der Waals surface area contributed by atoms with Crippen molar-refractivity contribution in [2.24, 2.45) is 5.73 Å². The fourth-order valence-electron chi connectivity index (χ4n) is 0.822. The van der Waals surface area contributed by atoms with E-state index in [0.29, 0.717) is 10.7 Å². The summed E-state index contributed by atoms with van der Waals surface area (Å²) in [5.41, 5.74) is 6.04. The highest BCUT2D eigenvalue weighted by Gasteiger charge is 2.06. The van der Waals surface area contributed by atoms with Crippen molar-refractivity contribution in [3.05, 3.63) is 29.3 Å². The molecule has 1 atom stereocenters. The lowest BCUT2D eigenvalue weighted by atomic mass is 10.3. The molecule has 0 saturated heterocycles. The van der Waals surface area contributed by atoms with Gasteiger partial charge in [0.2, 0.25) is 5.91 Å². The van der Waals surface area contributed by atoms with Crippen LogP contribution in [0.1, 0.15) is 6.92 Å². The molecule has 1 amide bonds. The van der Waals surface area contributed by atoms with Crippen LogP contribution in [-0.2, 0) is 4.79 Å². The number of hydrogen-bond acceptors (Lipinski definition) is 2. The molecule has 0 aliphatic heterocycles. The monoisotopic (exact) mass is 198 g/mol. The molecular formula is C9H11ClN2O. The molecule has 3 N–H and O–H groups in total. The van der Waals surface area contributed by atoms with Gasteiger partial charge in [-0.05, 0) is 25.1 Å². The highest BCUT2D eigenvalue weighted by Crippen LogP contribution is 2.14. The Morgan fingerprint density at radius 2 is 2.31 bits per heavy atom. The van der Waals surface area contributed by atoms with Gasteiger partial charge in [-0.3, -0.25) is 4.79 Å². The van der Waals surface area contributed by atoms with Gasteiger partial charge < -0.3 is 11.1 Å². The molecule has 0 fully saturated rings. The lowest BCUT2D eigenvalue weighted by Crippen LogP contribution is -2.32. The van der Waals surface area contributed by atoms with E-state index >= 15 is 0 Å². The summed E-state index contributed by atoms with van der Waals surface area (Å²) >= 11 is 5.73. The number of nitrogens with one attached hydrogen (secondary N) is 1. The van der Waals surface area contributed by atoms with E-state index in [1.165, 1.54) is 0 Å². The first-order chi connectivity index (χ1) is 6.09. The topological polar surface area (TPSA) is 55.1 Å². The lowest BCUT2D eigenvalue weighted by Gasteiger charge is -2.07. The van der Waals surface area contributed by atoms with E-state index in [9.17, 15) is 4.79 Å². The van der Waals surface area contributed by atoms with Crippen LogP contribution < -0.4 is 11.1 Å². The van der Waals surface area contributed by atoms with Crippen LogP contribution in [-0.4, -0.2) is 11.9 Å². The van der Waals surface area contributed by atoms with Gasteiger partial charge >= 0.3 is 0 Å². The summed E-state index contributed by atoms with van der Waals surface area (Å²) in [6, 6.07) is 6.41. The van der Waals surface area contributed by atoms with Gasteiger partial charge in [0.05, 0.1) is 6.04 Å². The molecule has 3 nitrogen and oxygen atoms in total. The minimum absolute atomic E-state index is 0.220. The molecule has 0 aliphatic rings. The van der Waals surface area contributed by atoms with Crippen molar-refractivity contribution in [3.8, 4) is 0 Å². The molecule has 4 heteroatoms. The highest BCUT2D eigenvalue weighted by atomic mass is 35.5. The Kier molecular flexibility index (Phi) is 3.28. The third-order valence-corrected chi connectivity index (χ3v) is 1.74. The maximum atomic E-state index is 11.1. The number of hydrogen-bond donors (Lipinski definition) is 2. The van der Waals surface area contributed by atoms with Crippen LogP contribution in [0.5, 0.6) is 0 Å². The van der Waals surface area contributed by atoms with Crippen molar-refractivity contribution in [1.29, 1.82) is 0 Å². The molecule has 70 valence electrons. The van der Waals surface area contributed by atoms with Gasteiger partial charge in [0.15, 0.2) is 0 Å². The Labute approximate surface area is 81.9 Å². The maximum absolute atomic E-state index is 11.1. The summed E-state index contributed by atoms with van der Waals surface area (Å²) < 4.78 is 0. The molecule has 0 radical (unpaired) electrons. The third kappa shape index (κ3) is 3.05. The van der Waals surface area contributed by atoms with Crippen LogP contribution in [0.15, 0.2) is 24.3 Å². The van der Waals surface area contributed by atoms with Gasteiger partial charge in [0, 0.05) is 10.7 Å². The number of benzene rings is 1. The number of rotatable bonds is 2. The number of halogens is 1. The zero-order valence-corrected chi connectivity index (χ0v) is 8.01. The number of anilines is 1. The van der Waals surface area contributed by atoms with E-state index in [2.05, 4.69) is 5.32 Å². The Hall–Kier alpha value is -1.06. The predicted molar refractivity (Wildman–Crippen MR) is 53.7 cm³/mol. The van der Waals surface area contributed by atoms with Gasteiger partial charge in [-0.25, -0.2) is 0 Å². The van der Waals surface area contributed by atoms with Gasteiger partial charge in [0.1, 0.15) is 0 Å². The largest absolute Gasteiger partial charge is 0.325 e. The van der Waals surface area contributed by atoms with E-state index in [-0.39, 0.29) is 5.91 Å². The second-order valence-corrected chi connectivity index (χ2v) is 3.22. The zero-order chi connectivity index (χ0) is 9.84. The quantitative estimate of drug-likeness (QED) is 0.759. The lowest BCUT2D eigenvalue weighted by molar-refractivity contribution is -0.117. The number of carbonyl (C=O) groups excluding carboxylic acids is 1. The minimum atomic E-state index is -0.515. The maximum Gasteiger partial charge on any atom is 0.240 e. The summed E-state index contributed by atoms with van der Waals surface area (Å²) in [7, 11) is 0. The second kappa shape index (κ2) is 4.25. The third-order valence-electron chi connectivity index (χ3n) is 1.51. The van der Waals surface area contributed by atoms with E-state index in [0.717, 1.165) is 0 Å². The van der Waals surface area contributed by atoms with Crippen LogP contribution in [0.2, 0.25) is 5.02 Å². The fraction of sp³-hybridized carbons (Fsp3) is 0.222. The SMILES string of the molecule is C[C@H](N)C(=O)Nc1cccc(Cl)c1. The van der Waals surface area contributed by atoms with Crippen LogP contribution in [0.3, 0.4) is 0 Å². The Bertz CT molecular complexity index is 312. The highest BCUT2D eigenvalue weighted by molar-refractivity contribution is 6.30. The van der Waals surface area contributed by atoms with Crippen molar-refractivity contribution < 1.29 is 4.79 Å². The molecule has 0 aromatic heterocycles. The average Bonchev–Trinajstić information content (AvgIpc) is 2.04. The van der Waals surface area contributed by atoms with Crippen LogP contribution >= 0.6 is 11.6 Å². The molecule has 13 heavy (non-hydrogen) atoms. The van der Waals surface area contributed by atoms with Gasteiger partial charge in [-0.1, -0.05) is 17.7 Å².